The second-order valence-electron chi connectivity index (χ2n) is 11.3. The van der Waals surface area contributed by atoms with E-state index in [4.69, 9.17) is 9.47 Å². The van der Waals surface area contributed by atoms with Gasteiger partial charge in [-0.2, -0.15) is 4.31 Å². The summed E-state index contributed by atoms with van der Waals surface area (Å²) in [7, 11) is -3.81. The molecule has 10 heteroatoms. The van der Waals surface area contributed by atoms with Gasteiger partial charge in [-0.3, -0.25) is 9.59 Å². The molecule has 9 nitrogen and oxygen atoms in total. The Morgan fingerprint density at radius 2 is 1.89 bits per heavy atom. The average Bonchev–Trinajstić information content (AvgIpc) is 3.11. The summed E-state index contributed by atoms with van der Waals surface area (Å²) in [6.45, 7) is 6.33. The zero-order chi connectivity index (χ0) is 26.6. The van der Waals surface area contributed by atoms with Crippen LogP contribution in [0.1, 0.15) is 60.7 Å². The fourth-order valence-electron chi connectivity index (χ4n) is 6.16. The SMILES string of the molecule is CC1(C)CC2CC(C)(CN2S(=O)(=O)c2cccc(C(=O)OCC(=O)c3ccc4c(c3)NC(=O)CO4)c2)C1. The Balaban J connectivity index is 1.28. The molecule has 0 aromatic heterocycles. The third-order valence-electron chi connectivity index (χ3n) is 7.31. The standard InChI is InChI=1S/C27H30N2O7S/c1-26(2)11-19-12-27(3,15-26)16-29(19)37(33,34)20-6-4-5-18(9-20)25(32)36-13-22(30)17-7-8-23-21(10-17)28-24(31)14-35-23/h4-10,19H,11-16H2,1-3H3,(H,28,31). The molecule has 2 aromatic rings. The van der Waals surface area contributed by atoms with Crippen LogP contribution in [-0.2, 0) is 19.6 Å². The molecule has 3 aliphatic rings. The van der Waals surface area contributed by atoms with Crippen LogP contribution in [0, 0.1) is 10.8 Å². The molecule has 2 aromatic carbocycles. The van der Waals surface area contributed by atoms with Crippen LogP contribution in [0.4, 0.5) is 5.69 Å². The fraction of sp³-hybridized carbons (Fsp3) is 0.444. The largest absolute Gasteiger partial charge is 0.482 e. The number of esters is 1. The highest BCUT2D eigenvalue weighted by molar-refractivity contribution is 7.89. The first-order valence-corrected chi connectivity index (χ1v) is 13.7. The van der Waals surface area contributed by atoms with Gasteiger partial charge in [0.25, 0.3) is 5.91 Å². The molecule has 1 N–H and O–H groups in total. The van der Waals surface area contributed by atoms with Crippen molar-refractivity contribution < 1.29 is 32.3 Å². The third kappa shape index (κ3) is 5.00. The summed E-state index contributed by atoms with van der Waals surface area (Å²) in [6.07, 6.45) is 2.59. The number of hydrogen-bond donors (Lipinski definition) is 1. The second kappa shape index (κ2) is 8.95. The van der Waals surface area contributed by atoms with Crippen molar-refractivity contribution in [3.8, 4) is 5.75 Å². The summed E-state index contributed by atoms with van der Waals surface area (Å²) in [5.41, 5.74) is 0.660. The van der Waals surface area contributed by atoms with Crippen LogP contribution >= 0.6 is 0 Å². The number of rotatable bonds is 6. The van der Waals surface area contributed by atoms with Crippen molar-refractivity contribution in [2.24, 2.45) is 10.8 Å². The molecule has 2 heterocycles. The van der Waals surface area contributed by atoms with Crippen LogP contribution in [0.5, 0.6) is 5.75 Å². The molecule has 2 fully saturated rings. The Kier molecular flexibility index (Phi) is 6.15. The highest BCUT2D eigenvalue weighted by Gasteiger charge is 2.53. The smallest absolute Gasteiger partial charge is 0.338 e. The molecular weight excluding hydrogens is 496 g/mol. The Labute approximate surface area is 216 Å². The van der Waals surface area contributed by atoms with Gasteiger partial charge < -0.3 is 14.8 Å². The molecule has 2 unspecified atom stereocenters. The molecule has 2 bridgehead atoms. The van der Waals surface area contributed by atoms with Gasteiger partial charge in [0.05, 0.1) is 16.1 Å². The van der Waals surface area contributed by atoms with E-state index in [2.05, 4.69) is 26.1 Å². The van der Waals surface area contributed by atoms with Crippen molar-refractivity contribution in [1.82, 2.24) is 4.31 Å². The minimum atomic E-state index is -3.81. The van der Waals surface area contributed by atoms with Gasteiger partial charge in [-0.15, -0.1) is 0 Å². The Morgan fingerprint density at radius 3 is 2.68 bits per heavy atom. The number of ketones is 1. The van der Waals surface area contributed by atoms with Crippen molar-refractivity contribution in [1.29, 1.82) is 0 Å². The molecule has 5 rings (SSSR count). The summed E-state index contributed by atoms with van der Waals surface area (Å²) in [5, 5.41) is 2.63. The van der Waals surface area contributed by atoms with E-state index in [0.717, 1.165) is 19.3 Å². The van der Waals surface area contributed by atoms with Crippen molar-refractivity contribution >= 4 is 33.4 Å². The average molecular weight is 527 g/mol. The molecule has 2 atom stereocenters. The first-order chi connectivity index (χ1) is 17.4. The molecule has 1 saturated heterocycles. The molecule has 196 valence electrons. The maximum Gasteiger partial charge on any atom is 0.338 e. The fourth-order valence-corrected chi connectivity index (χ4v) is 7.98. The lowest BCUT2D eigenvalue weighted by Gasteiger charge is -2.39. The topological polar surface area (TPSA) is 119 Å². The first kappa shape index (κ1) is 25.4. The number of fused-ring (bicyclic) bond motifs is 3. The van der Waals surface area contributed by atoms with E-state index in [0.29, 0.717) is 18.0 Å². The van der Waals surface area contributed by atoms with E-state index in [1.54, 1.807) is 10.4 Å². The molecular formula is C27H30N2O7S. The van der Waals surface area contributed by atoms with Crippen LogP contribution in [0.2, 0.25) is 0 Å². The molecule has 1 amide bonds. The third-order valence-corrected chi connectivity index (χ3v) is 9.21. The number of nitrogens with zero attached hydrogens (tertiary/aromatic N) is 1. The van der Waals surface area contributed by atoms with Gasteiger partial charge in [-0.1, -0.05) is 26.8 Å². The number of nitrogens with one attached hydrogen (secondary N) is 1. The number of hydrogen-bond acceptors (Lipinski definition) is 7. The van der Waals surface area contributed by atoms with E-state index in [-0.39, 0.29) is 45.4 Å². The Hall–Kier alpha value is -3.24. The summed E-state index contributed by atoms with van der Waals surface area (Å²) in [5.74, 6) is -1.15. The van der Waals surface area contributed by atoms with Crippen LogP contribution in [-0.4, -0.2) is 56.2 Å². The highest BCUT2D eigenvalue weighted by atomic mass is 32.2. The predicted octanol–water partition coefficient (Wildman–Crippen LogP) is 3.65. The summed E-state index contributed by atoms with van der Waals surface area (Å²) < 4.78 is 39.2. The molecule has 2 aliphatic heterocycles. The van der Waals surface area contributed by atoms with Gasteiger partial charge >= 0.3 is 5.97 Å². The van der Waals surface area contributed by atoms with Crippen LogP contribution in [0.25, 0.3) is 0 Å². The number of ether oxygens (including phenoxy) is 2. The van der Waals surface area contributed by atoms with E-state index in [9.17, 15) is 22.8 Å². The molecule has 37 heavy (non-hydrogen) atoms. The quantitative estimate of drug-likeness (QED) is 0.451. The van der Waals surface area contributed by atoms with Gasteiger partial charge in [0, 0.05) is 18.2 Å². The Bertz CT molecular complexity index is 1400. The van der Waals surface area contributed by atoms with E-state index in [1.165, 1.54) is 36.4 Å². The number of anilines is 1. The molecule has 1 saturated carbocycles. The normalized spacial score (nSPS) is 24.5. The summed E-state index contributed by atoms with van der Waals surface area (Å²) >= 11 is 0. The highest BCUT2D eigenvalue weighted by Crippen LogP contribution is 2.53. The van der Waals surface area contributed by atoms with Crippen LogP contribution in [0.3, 0.4) is 0 Å². The van der Waals surface area contributed by atoms with Crippen molar-refractivity contribution in [3.05, 3.63) is 53.6 Å². The van der Waals surface area contributed by atoms with E-state index >= 15 is 0 Å². The minimum absolute atomic E-state index is 0.0349. The number of benzene rings is 2. The van der Waals surface area contributed by atoms with Crippen molar-refractivity contribution in [2.75, 3.05) is 25.1 Å². The van der Waals surface area contributed by atoms with Gasteiger partial charge in [-0.05, 0) is 66.5 Å². The molecule has 0 radical (unpaired) electrons. The number of Topliss-reactive ketones (excluding diaryl/α,β-unsaturated/α-hetero) is 1. The monoisotopic (exact) mass is 526 g/mol. The van der Waals surface area contributed by atoms with E-state index in [1.807, 2.05) is 0 Å². The lowest BCUT2D eigenvalue weighted by molar-refractivity contribution is -0.118. The van der Waals surface area contributed by atoms with Gasteiger partial charge in [0.2, 0.25) is 10.0 Å². The van der Waals surface area contributed by atoms with E-state index < -0.39 is 28.4 Å². The first-order valence-electron chi connectivity index (χ1n) is 12.2. The molecule has 0 spiro atoms. The number of carbonyl (C=O) groups is 3. The van der Waals surface area contributed by atoms with Crippen LogP contribution in [0.15, 0.2) is 47.4 Å². The maximum atomic E-state index is 13.6. The van der Waals surface area contributed by atoms with Gasteiger partial charge in [0.1, 0.15) is 5.75 Å². The summed E-state index contributed by atoms with van der Waals surface area (Å²) in [6, 6.07) is 10.2. The van der Waals surface area contributed by atoms with Crippen molar-refractivity contribution in [3.63, 3.8) is 0 Å². The Morgan fingerprint density at radius 1 is 1.11 bits per heavy atom. The number of carbonyl (C=O) groups excluding carboxylic acids is 3. The zero-order valence-electron chi connectivity index (χ0n) is 21.1. The maximum absolute atomic E-state index is 13.6. The summed E-state index contributed by atoms with van der Waals surface area (Å²) in [4.78, 5) is 36.9. The molecule has 1 aliphatic carbocycles. The lowest BCUT2D eigenvalue weighted by Crippen LogP contribution is -2.37. The van der Waals surface area contributed by atoms with Gasteiger partial charge in [0.15, 0.2) is 19.0 Å². The predicted molar refractivity (Wildman–Crippen MR) is 135 cm³/mol. The zero-order valence-corrected chi connectivity index (χ0v) is 21.9. The number of amides is 1. The second-order valence-corrected chi connectivity index (χ2v) is 13.2. The van der Waals surface area contributed by atoms with Gasteiger partial charge in [-0.25, -0.2) is 13.2 Å². The minimum Gasteiger partial charge on any atom is -0.482 e. The number of sulfonamides is 1. The lowest BCUT2D eigenvalue weighted by atomic mass is 9.65. The van der Waals surface area contributed by atoms with Crippen LogP contribution < -0.4 is 10.1 Å². The van der Waals surface area contributed by atoms with Crippen molar-refractivity contribution in [2.45, 2.75) is 51.0 Å².